The van der Waals surface area contributed by atoms with Gasteiger partial charge >= 0.3 is 5.97 Å². The van der Waals surface area contributed by atoms with Gasteiger partial charge in [0.25, 0.3) is 5.91 Å². The summed E-state index contributed by atoms with van der Waals surface area (Å²) < 4.78 is 38.7. The predicted molar refractivity (Wildman–Crippen MR) is 155 cm³/mol. The lowest BCUT2D eigenvalue weighted by molar-refractivity contribution is 0.0734. The second kappa shape index (κ2) is 11.5. The Balaban J connectivity index is 1.68. The lowest BCUT2D eigenvalue weighted by Crippen LogP contribution is -2.20. The van der Waals surface area contributed by atoms with Crippen LogP contribution in [-0.4, -0.2) is 48.3 Å². The van der Waals surface area contributed by atoms with Gasteiger partial charge in [0.1, 0.15) is 5.75 Å². The Morgan fingerprint density at radius 1 is 1.05 bits per heavy atom. The SMILES string of the molecule is CCCS(=O)(=O)Nc1cc(C(C)(C)C)cc(NC(=O)c2n[nH]c3ccc(OC(=O)c4ccc(=O)[nH]c4)cc23)c1OC. The van der Waals surface area contributed by atoms with Gasteiger partial charge in [-0.1, -0.05) is 27.7 Å². The minimum absolute atomic E-state index is 0.0123. The van der Waals surface area contributed by atoms with Crippen molar-refractivity contribution in [3.63, 3.8) is 0 Å². The Bertz CT molecular complexity index is 1770. The Morgan fingerprint density at radius 2 is 1.78 bits per heavy atom. The first-order valence-corrected chi connectivity index (χ1v) is 14.4. The maximum Gasteiger partial charge on any atom is 0.345 e. The van der Waals surface area contributed by atoms with Crippen molar-refractivity contribution in [1.82, 2.24) is 15.2 Å². The number of amides is 1. The van der Waals surface area contributed by atoms with Gasteiger partial charge in [-0.15, -0.1) is 0 Å². The van der Waals surface area contributed by atoms with Crippen molar-refractivity contribution in [3.05, 3.63) is 75.8 Å². The third-order valence-electron chi connectivity index (χ3n) is 6.13. The van der Waals surface area contributed by atoms with Crippen LogP contribution in [0.15, 0.2) is 53.5 Å². The number of aromatic nitrogens is 3. The molecule has 216 valence electrons. The van der Waals surface area contributed by atoms with Crippen LogP contribution in [0.2, 0.25) is 0 Å². The largest absolute Gasteiger partial charge is 0.492 e. The number of nitrogens with one attached hydrogen (secondary N) is 4. The Labute approximate surface area is 236 Å². The number of rotatable bonds is 9. The van der Waals surface area contributed by atoms with Crippen LogP contribution in [0.4, 0.5) is 11.4 Å². The van der Waals surface area contributed by atoms with Gasteiger partial charge in [-0.05, 0) is 53.8 Å². The molecule has 0 spiro atoms. The standard InChI is InChI=1S/C28H31N5O7S/c1-6-11-41(37,38)33-22-13-17(28(2,3)4)12-21(25(22)39-5)30-26(35)24-19-14-18(8-9-20(19)31-32-24)40-27(36)16-7-10-23(34)29-15-16/h7-10,12-15,33H,6,11H2,1-5H3,(H,29,34)(H,30,35)(H,31,32). The number of H-pyrrole nitrogens is 2. The van der Waals surface area contributed by atoms with E-state index in [9.17, 15) is 22.8 Å². The minimum atomic E-state index is -3.65. The topological polar surface area (TPSA) is 172 Å². The van der Waals surface area contributed by atoms with Crippen LogP contribution in [-0.2, 0) is 15.4 Å². The molecule has 41 heavy (non-hydrogen) atoms. The highest BCUT2D eigenvalue weighted by atomic mass is 32.2. The van der Waals surface area contributed by atoms with Crippen molar-refractivity contribution < 1.29 is 27.5 Å². The van der Waals surface area contributed by atoms with Crippen LogP contribution in [0.25, 0.3) is 10.9 Å². The fourth-order valence-electron chi connectivity index (χ4n) is 4.05. The molecule has 1 amide bonds. The van der Waals surface area contributed by atoms with Crippen molar-refractivity contribution in [2.24, 2.45) is 0 Å². The van der Waals surface area contributed by atoms with Gasteiger partial charge in [0.05, 0.1) is 35.3 Å². The molecule has 0 saturated carbocycles. The van der Waals surface area contributed by atoms with E-state index in [2.05, 4.69) is 25.2 Å². The van der Waals surface area contributed by atoms with Crippen LogP contribution in [0, 0.1) is 0 Å². The fraction of sp³-hybridized carbons (Fsp3) is 0.286. The van der Waals surface area contributed by atoms with Crippen LogP contribution in [0.3, 0.4) is 0 Å². The molecule has 0 aliphatic carbocycles. The molecule has 2 heterocycles. The van der Waals surface area contributed by atoms with E-state index in [-0.39, 0.29) is 50.9 Å². The highest BCUT2D eigenvalue weighted by Gasteiger charge is 2.24. The summed E-state index contributed by atoms with van der Waals surface area (Å²) in [6.45, 7) is 7.64. The number of carbonyl (C=O) groups excluding carboxylic acids is 2. The average Bonchev–Trinajstić information content (AvgIpc) is 3.31. The molecular weight excluding hydrogens is 550 g/mol. The van der Waals surface area contributed by atoms with Crippen LogP contribution < -0.4 is 25.1 Å². The molecule has 0 radical (unpaired) electrons. The van der Waals surface area contributed by atoms with E-state index >= 15 is 0 Å². The highest BCUT2D eigenvalue weighted by Crippen LogP contribution is 2.39. The first kappa shape index (κ1) is 29.3. The van der Waals surface area contributed by atoms with Gasteiger partial charge in [-0.2, -0.15) is 5.10 Å². The average molecular weight is 582 g/mol. The molecule has 4 aromatic rings. The summed E-state index contributed by atoms with van der Waals surface area (Å²) >= 11 is 0. The lowest BCUT2D eigenvalue weighted by Gasteiger charge is -2.24. The zero-order valence-electron chi connectivity index (χ0n) is 23.2. The number of sulfonamides is 1. The van der Waals surface area contributed by atoms with E-state index in [1.807, 2.05) is 20.8 Å². The van der Waals surface area contributed by atoms with Crippen molar-refractivity contribution in [2.75, 3.05) is 22.9 Å². The van der Waals surface area contributed by atoms with Crippen molar-refractivity contribution >= 4 is 44.2 Å². The third kappa shape index (κ3) is 6.74. The summed E-state index contributed by atoms with van der Waals surface area (Å²) in [6.07, 6.45) is 1.67. The van der Waals surface area contributed by atoms with Crippen molar-refractivity contribution in [2.45, 2.75) is 39.5 Å². The van der Waals surface area contributed by atoms with E-state index in [1.165, 1.54) is 37.6 Å². The fourth-order valence-corrected chi connectivity index (χ4v) is 5.18. The summed E-state index contributed by atoms with van der Waals surface area (Å²) in [6, 6.07) is 10.6. The smallest absolute Gasteiger partial charge is 0.345 e. The zero-order chi connectivity index (χ0) is 29.9. The molecule has 2 aromatic heterocycles. The number of benzene rings is 2. The summed E-state index contributed by atoms with van der Waals surface area (Å²) in [5.41, 5.74) is 1.13. The molecule has 2 aromatic carbocycles. The van der Waals surface area contributed by atoms with Crippen molar-refractivity contribution in [1.29, 1.82) is 0 Å². The molecule has 4 rings (SSSR count). The number of anilines is 2. The quantitative estimate of drug-likeness (QED) is 0.168. The Morgan fingerprint density at radius 3 is 2.41 bits per heavy atom. The highest BCUT2D eigenvalue weighted by molar-refractivity contribution is 7.92. The summed E-state index contributed by atoms with van der Waals surface area (Å²) in [7, 11) is -2.27. The Hall–Kier alpha value is -4.65. The van der Waals surface area contributed by atoms with Crippen LogP contribution >= 0.6 is 0 Å². The van der Waals surface area contributed by atoms with E-state index in [4.69, 9.17) is 9.47 Å². The Kier molecular flexibility index (Phi) is 8.19. The molecule has 0 saturated heterocycles. The minimum Gasteiger partial charge on any atom is -0.492 e. The van der Waals surface area contributed by atoms with Gasteiger partial charge in [-0.3, -0.25) is 19.4 Å². The van der Waals surface area contributed by atoms with Gasteiger partial charge in [0.2, 0.25) is 15.6 Å². The molecule has 0 bridgehead atoms. The zero-order valence-corrected chi connectivity index (χ0v) is 24.1. The molecule has 12 nitrogen and oxygen atoms in total. The second-order valence-corrected chi connectivity index (χ2v) is 12.2. The lowest BCUT2D eigenvalue weighted by atomic mass is 9.86. The summed E-state index contributed by atoms with van der Waals surface area (Å²) in [5, 5.41) is 10.1. The number of methoxy groups -OCH3 is 1. The number of carbonyl (C=O) groups is 2. The number of nitrogens with zero attached hydrogens (tertiary/aromatic N) is 1. The number of fused-ring (bicyclic) bond motifs is 1. The molecule has 13 heteroatoms. The maximum absolute atomic E-state index is 13.5. The molecular formula is C28H31N5O7S. The molecule has 0 atom stereocenters. The molecule has 4 N–H and O–H groups in total. The number of pyridine rings is 1. The molecule has 0 unspecified atom stereocenters. The monoisotopic (exact) mass is 581 g/mol. The van der Waals surface area contributed by atoms with Gasteiger partial charge in [0.15, 0.2) is 11.4 Å². The van der Waals surface area contributed by atoms with E-state index in [1.54, 1.807) is 25.1 Å². The van der Waals surface area contributed by atoms with Gasteiger partial charge in [-0.25, -0.2) is 13.2 Å². The van der Waals surface area contributed by atoms with Gasteiger partial charge < -0.3 is 19.8 Å². The summed E-state index contributed by atoms with van der Waals surface area (Å²) in [5.74, 6) is -1.08. The summed E-state index contributed by atoms with van der Waals surface area (Å²) in [4.78, 5) is 39.7. The molecule has 0 aliphatic rings. The van der Waals surface area contributed by atoms with E-state index in [0.29, 0.717) is 17.3 Å². The van der Waals surface area contributed by atoms with E-state index < -0.39 is 21.9 Å². The maximum atomic E-state index is 13.5. The number of hydrogen-bond acceptors (Lipinski definition) is 8. The second-order valence-electron chi connectivity index (χ2n) is 10.3. The number of aromatic amines is 2. The first-order valence-electron chi connectivity index (χ1n) is 12.7. The molecule has 0 aliphatic heterocycles. The number of esters is 1. The van der Waals surface area contributed by atoms with Crippen LogP contribution in [0.5, 0.6) is 11.5 Å². The number of ether oxygens (including phenoxy) is 2. The normalized spacial score (nSPS) is 11.7. The molecule has 0 fully saturated rings. The first-order chi connectivity index (χ1) is 19.3. The third-order valence-corrected chi connectivity index (χ3v) is 7.60. The van der Waals surface area contributed by atoms with E-state index in [0.717, 1.165) is 5.56 Å². The predicted octanol–water partition coefficient (Wildman–Crippen LogP) is 4.18. The van der Waals surface area contributed by atoms with Crippen LogP contribution in [0.1, 0.15) is 60.5 Å². The number of hydrogen-bond donors (Lipinski definition) is 4. The van der Waals surface area contributed by atoms with Crippen molar-refractivity contribution in [3.8, 4) is 11.5 Å². The van der Waals surface area contributed by atoms with Gasteiger partial charge in [0, 0.05) is 17.6 Å².